The average molecular weight is 296 g/mol. The summed E-state index contributed by atoms with van der Waals surface area (Å²) in [4.78, 5) is 33.5. The molecule has 21 heavy (non-hydrogen) atoms. The van der Waals surface area contributed by atoms with E-state index in [0.29, 0.717) is 5.69 Å². The summed E-state index contributed by atoms with van der Waals surface area (Å²) in [6.07, 6.45) is 0.0217. The monoisotopic (exact) mass is 296 g/mol. The van der Waals surface area contributed by atoms with Crippen molar-refractivity contribution in [3.05, 3.63) is 17.5 Å². The van der Waals surface area contributed by atoms with Gasteiger partial charge in [-0.25, -0.2) is 0 Å². The predicted molar refractivity (Wildman–Crippen MR) is 74.9 cm³/mol. The van der Waals surface area contributed by atoms with E-state index in [0.717, 1.165) is 5.69 Å². The van der Waals surface area contributed by atoms with Crippen LogP contribution in [0.5, 0.6) is 0 Å². The van der Waals surface area contributed by atoms with E-state index in [1.165, 1.54) is 4.68 Å². The lowest BCUT2D eigenvalue weighted by Crippen LogP contribution is -2.33. The highest BCUT2D eigenvalue weighted by molar-refractivity contribution is 5.93. The number of carbonyl (C=O) groups is 3. The summed E-state index contributed by atoms with van der Waals surface area (Å²) in [5, 5.41) is 17.5. The smallest absolute Gasteiger partial charge is 0.322 e. The molecule has 1 rings (SSSR count). The quantitative estimate of drug-likeness (QED) is 0.648. The highest BCUT2D eigenvalue weighted by Crippen LogP contribution is 2.13. The molecular weight excluding hydrogens is 276 g/mol. The number of aryl methyl sites for hydroxylation is 1. The van der Waals surface area contributed by atoms with Crippen LogP contribution >= 0.6 is 0 Å². The second-order valence-electron chi connectivity index (χ2n) is 4.91. The molecule has 0 saturated carbocycles. The lowest BCUT2D eigenvalue weighted by Gasteiger charge is -2.05. The van der Waals surface area contributed by atoms with E-state index in [2.05, 4.69) is 15.7 Å². The lowest BCUT2D eigenvalue weighted by atomic mass is 10.1. The number of carboxylic acids is 1. The van der Waals surface area contributed by atoms with Crippen LogP contribution in [0.4, 0.5) is 0 Å². The van der Waals surface area contributed by atoms with Gasteiger partial charge in [-0.15, -0.1) is 0 Å². The Morgan fingerprint density at radius 3 is 2.52 bits per heavy atom. The van der Waals surface area contributed by atoms with Crippen LogP contribution in [0, 0.1) is 0 Å². The largest absolute Gasteiger partial charge is 0.480 e. The SMILES string of the molecule is CC(C)c1cc(C(=O)NCCC(=O)NCC(=O)O)n(C)n1. The molecule has 0 atom stereocenters. The maximum atomic E-state index is 12.0. The Labute approximate surface area is 122 Å². The van der Waals surface area contributed by atoms with Crippen molar-refractivity contribution in [1.29, 1.82) is 0 Å². The number of aromatic nitrogens is 2. The third-order valence-corrected chi connectivity index (χ3v) is 2.80. The van der Waals surface area contributed by atoms with Gasteiger partial charge >= 0.3 is 5.97 Å². The van der Waals surface area contributed by atoms with Crippen LogP contribution in [0.15, 0.2) is 6.07 Å². The first kappa shape index (κ1) is 16.7. The summed E-state index contributed by atoms with van der Waals surface area (Å²) < 4.78 is 1.50. The minimum absolute atomic E-state index is 0.0217. The molecular formula is C13H20N4O4. The van der Waals surface area contributed by atoms with Gasteiger partial charge in [0, 0.05) is 20.0 Å². The first-order valence-electron chi connectivity index (χ1n) is 6.62. The van der Waals surface area contributed by atoms with Crippen LogP contribution in [-0.4, -0.2) is 45.8 Å². The summed E-state index contributed by atoms with van der Waals surface area (Å²) in [5.74, 6) is -1.63. The maximum Gasteiger partial charge on any atom is 0.322 e. The maximum absolute atomic E-state index is 12.0. The molecule has 1 aromatic heterocycles. The van der Waals surface area contributed by atoms with Gasteiger partial charge in [0.25, 0.3) is 5.91 Å². The molecule has 0 aliphatic rings. The van der Waals surface area contributed by atoms with Gasteiger partial charge in [-0.3, -0.25) is 19.1 Å². The molecule has 0 bridgehead atoms. The van der Waals surface area contributed by atoms with E-state index in [-0.39, 0.29) is 24.8 Å². The molecule has 8 heteroatoms. The fourth-order valence-corrected chi connectivity index (χ4v) is 1.63. The zero-order valence-corrected chi connectivity index (χ0v) is 12.3. The van der Waals surface area contributed by atoms with E-state index in [9.17, 15) is 14.4 Å². The van der Waals surface area contributed by atoms with Gasteiger partial charge in [-0.1, -0.05) is 13.8 Å². The Kier molecular flexibility index (Phi) is 5.89. The van der Waals surface area contributed by atoms with Crippen molar-refractivity contribution in [2.24, 2.45) is 7.05 Å². The van der Waals surface area contributed by atoms with Gasteiger partial charge in [0.15, 0.2) is 0 Å². The van der Waals surface area contributed by atoms with Crippen LogP contribution in [0.2, 0.25) is 0 Å². The standard InChI is InChI=1S/C13H20N4O4/c1-8(2)9-6-10(17(3)16-9)13(21)14-5-4-11(18)15-7-12(19)20/h6,8H,4-5,7H2,1-3H3,(H,14,21)(H,15,18)(H,19,20). The van der Waals surface area contributed by atoms with E-state index < -0.39 is 18.4 Å². The summed E-state index contributed by atoms with van der Waals surface area (Å²) in [6, 6.07) is 1.71. The van der Waals surface area contributed by atoms with Gasteiger partial charge in [0.1, 0.15) is 12.2 Å². The van der Waals surface area contributed by atoms with Crippen LogP contribution in [-0.2, 0) is 16.6 Å². The molecule has 0 spiro atoms. The third kappa shape index (κ3) is 5.25. The molecule has 0 fully saturated rings. The number of nitrogens with zero attached hydrogens (tertiary/aromatic N) is 2. The number of hydrogen-bond donors (Lipinski definition) is 3. The number of nitrogens with one attached hydrogen (secondary N) is 2. The van der Waals surface area contributed by atoms with Gasteiger partial charge in [-0.2, -0.15) is 5.10 Å². The molecule has 0 aromatic carbocycles. The highest BCUT2D eigenvalue weighted by atomic mass is 16.4. The molecule has 1 heterocycles. The molecule has 0 aliphatic carbocycles. The Bertz CT molecular complexity index is 536. The average Bonchev–Trinajstić information content (AvgIpc) is 2.78. The number of rotatable bonds is 7. The number of carboxylic acid groups (broad SMARTS) is 1. The molecule has 116 valence electrons. The minimum atomic E-state index is -1.11. The summed E-state index contributed by atoms with van der Waals surface area (Å²) in [7, 11) is 1.68. The zero-order chi connectivity index (χ0) is 16.0. The van der Waals surface area contributed by atoms with Crippen LogP contribution in [0.1, 0.15) is 42.4 Å². The minimum Gasteiger partial charge on any atom is -0.480 e. The summed E-state index contributed by atoms with van der Waals surface area (Å²) in [6.45, 7) is 3.67. The molecule has 0 unspecified atom stereocenters. The van der Waals surface area contributed by atoms with E-state index in [1.54, 1.807) is 13.1 Å². The molecule has 0 aliphatic heterocycles. The number of hydrogen-bond acceptors (Lipinski definition) is 4. The van der Waals surface area contributed by atoms with Crippen molar-refractivity contribution >= 4 is 17.8 Å². The molecule has 1 aromatic rings. The van der Waals surface area contributed by atoms with Crippen LogP contribution in [0.25, 0.3) is 0 Å². The van der Waals surface area contributed by atoms with Gasteiger partial charge < -0.3 is 15.7 Å². The highest BCUT2D eigenvalue weighted by Gasteiger charge is 2.14. The van der Waals surface area contributed by atoms with E-state index in [4.69, 9.17) is 5.11 Å². The second kappa shape index (κ2) is 7.41. The van der Waals surface area contributed by atoms with Crippen molar-refractivity contribution in [2.45, 2.75) is 26.2 Å². The van der Waals surface area contributed by atoms with Gasteiger partial charge in [0.2, 0.25) is 5.91 Å². The first-order chi connectivity index (χ1) is 9.81. The zero-order valence-electron chi connectivity index (χ0n) is 12.3. The van der Waals surface area contributed by atoms with Gasteiger partial charge in [0.05, 0.1) is 5.69 Å². The van der Waals surface area contributed by atoms with Crippen molar-refractivity contribution in [2.75, 3.05) is 13.1 Å². The molecule has 2 amide bonds. The molecule has 0 saturated heterocycles. The predicted octanol–water partition coefficient (Wildman–Crippen LogP) is -0.136. The fourth-order valence-electron chi connectivity index (χ4n) is 1.63. The number of amides is 2. The van der Waals surface area contributed by atoms with E-state index in [1.807, 2.05) is 13.8 Å². The van der Waals surface area contributed by atoms with E-state index >= 15 is 0 Å². The Hall–Kier alpha value is -2.38. The Balaban J connectivity index is 2.44. The number of aliphatic carboxylic acids is 1. The van der Waals surface area contributed by atoms with Gasteiger partial charge in [-0.05, 0) is 12.0 Å². The lowest BCUT2D eigenvalue weighted by molar-refractivity contribution is -0.137. The Morgan fingerprint density at radius 2 is 2.00 bits per heavy atom. The Morgan fingerprint density at radius 1 is 1.33 bits per heavy atom. The summed E-state index contributed by atoms with van der Waals surface area (Å²) in [5.41, 5.74) is 1.24. The molecule has 3 N–H and O–H groups in total. The molecule has 0 radical (unpaired) electrons. The van der Waals surface area contributed by atoms with Crippen molar-refractivity contribution in [3.63, 3.8) is 0 Å². The summed E-state index contributed by atoms with van der Waals surface area (Å²) >= 11 is 0. The van der Waals surface area contributed by atoms with Crippen molar-refractivity contribution in [1.82, 2.24) is 20.4 Å². The third-order valence-electron chi connectivity index (χ3n) is 2.80. The van der Waals surface area contributed by atoms with Crippen molar-refractivity contribution in [3.8, 4) is 0 Å². The van der Waals surface area contributed by atoms with Crippen LogP contribution in [0.3, 0.4) is 0 Å². The first-order valence-corrected chi connectivity index (χ1v) is 6.62. The second-order valence-corrected chi connectivity index (χ2v) is 4.91. The normalized spacial score (nSPS) is 10.5. The fraction of sp³-hybridized carbons (Fsp3) is 0.538. The number of carbonyl (C=O) groups excluding carboxylic acids is 2. The van der Waals surface area contributed by atoms with Crippen molar-refractivity contribution < 1.29 is 19.5 Å². The molecule has 8 nitrogen and oxygen atoms in total. The van der Waals surface area contributed by atoms with Crippen LogP contribution < -0.4 is 10.6 Å². The topological polar surface area (TPSA) is 113 Å².